The molecular formula is C16H11BrN2O5. The number of hydrogen-bond donors (Lipinski definition) is 0. The fraction of sp³-hybridized carbons (Fsp3) is 0.125. The van der Waals surface area contributed by atoms with E-state index in [4.69, 9.17) is 4.74 Å². The van der Waals surface area contributed by atoms with Crippen LogP contribution in [0.4, 0.5) is 5.69 Å². The average Bonchev–Trinajstić information content (AvgIpc) is 2.81. The third kappa shape index (κ3) is 3.00. The van der Waals surface area contributed by atoms with Gasteiger partial charge in [-0.05, 0) is 30.3 Å². The highest BCUT2D eigenvalue weighted by molar-refractivity contribution is 9.10. The predicted octanol–water partition coefficient (Wildman–Crippen LogP) is 3.03. The van der Waals surface area contributed by atoms with Crippen molar-refractivity contribution < 1.29 is 19.2 Å². The molecule has 0 aliphatic carbocycles. The molecule has 0 spiro atoms. The fourth-order valence-electron chi connectivity index (χ4n) is 2.38. The molecule has 122 valence electrons. The van der Waals surface area contributed by atoms with Crippen molar-refractivity contribution in [3.63, 3.8) is 0 Å². The molecule has 0 saturated heterocycles. The Morgan fingerprint density at radius 1 is 1.04 bits per heavy atom. The lowest BCUT2D eigenvalue weighted by Gasteiger charge is -2.14. The van der Waals surface area contributed by atoms with Gasteiger partial charge in [0.1, 0.15) is 12.4 Å². The maximum absolute atomic E-state index is 12.3. The van der Waals surface area contributed by atoms with Crippen LogP contribution >= 0.6 is 15.9 Å². The number of nitro benzene ring substituents is 1. The lowest BCUT2D eigenvalue weighted by Crippen LogP contribution is -2.33. The van der Waals surface area contributed by atoms with Crippen molar-refractivity contribution in [3.8, 4) is 5.75 Å². The van der Waals surface area contributed by atoms with Gasteiger partial charge in [-0.1, -0.05) is 15.9 Å². The summed E-state index contributed by atoms with van der Waals surface area (Å²) in [7, 11) is 0. The van der Waals surface area contributed by atoms with Gasteiger partial charge in [0, 0.05) is 16.6 Å². The zero-order chi connectivity index (χ0) is 17.3. The summed E-state index contributed by atoms with van der Waals surface area (Å²) >= 11 is 3.31. The molecule has 1 aliphatic heterocycles. The number of non-ortho nitro benzene ring substituents is 1. The van der Waals surface area contributed by atoms with Gasteiger partial charge in [0.15, 0.2) is 0 Å². The number of imide groups is 1. The lowest BCUT2D eigenvalue weighted by atomic mass is 10.1. The van der Waals surface area contributed by atoms with Crippen molar-refractivity contribution in [2.75, 3.05) is 13.2 Å². The van der Waals surface area contributed by atoms with Gasteiger partial charge >= 0.3 is 0 Å². The van der Waals surface area contributed by atoms with Crippen LogP contribution in [0.2, 0.25) is 0 Å². The Kier molecular flexibility index (Phi) is 4.30. The van der Waals surface area contributed by atoms with Crippen molar-refractivity contribution in [2.24, 2.45) is 0 Å². The van der Waals surface area contributed by atoms with Gasteiger partial charge < -0.3 is 4.74 Å². The van der Waals surface area contributed by atoms with E-state index < -0.39 is 16.7 Å². The van der Waals surface area contributed by atoms with E-state index in [9.17, 15) is 19.7 Å². The normalized spacial score (nSPS) is 13.1. The molecule has 0 atom stereocenters. The van der Waals surface area contributed by atoms with Crippen molar-refractivity contribution in [1.29, 1.82) is 0 Å². The van der Waals surface area contributed by atoms with Crippen LogP contribution in [0.5, 0.6) is 5.75 Å². The van der Waals surface area contributed by atoms with E-state index in [1.807, 2.05) is 12.1 Å². The number of amides is 2. The molecule has 0 N–H and O–H groups in total. The van der Waals surface area contributed by atoms with Crippen LogP contribution in [0, 0.1) is 10.1 Å². The molecule has 24 heavy (non-hydrogen) atoms. The molecule has 7 nitrogen and oxygen atoms in total. The number of rotatable bonds is 5. The smallest absolute Gasteiger partial charge is 0.270 e. The molecule has 8 heteroatoms. The number of nitro groups is 1. The Balaban J connectivity index is 1.69. The van der Waals surface area contributed by atoms with Gasteiger partial charge in [-0.15, -0.1) is 0 Å². The van der Waals surface area contributed by atoms with Crippen LogP contribution in [0.3, 0.4) is 0 Å². The molecular weight excluding hydrogens is 380 g/mol. The first-order chi connectivity index (χ1) is 11.5. The minimum Gasteiger partial charge on any atom is -0.492 e. The molecule has 1 heterocycles. The molecule has 0 bridgehead atoms. The summed E-state index contributed by atoms with van der Waals surface area (Å²) in [5, 5.41) is 10.8. The molecule has 2 aromatic rings. The average molecular weight is 391 g/mol. The third-order valence-corrected chi connectivity index (χ3v) is 4.09. The molecule has 2 amide bonds. The zero-order valence-corrected chi connectivity index (χ0v) is 13.9. The second-order valence-corrected chi connectivity index (χ2v) is 5.97. The highest BCUT2D eigenvalue weighted by Crippen LogP contribution is 2.26. The maximum Gasteiger partial charge on any atom is 0.270 e. The van der Waals surface area contributed by atoms with E-state index in [0.29, 0.717) is 5.75 Å². The van der Waals surface area contributed by atoms with Gasteiger partial charge in [-0.3, -0.25) is 24.6 Å². The van der Waals surface area contributed by atoms with Crippen LogP contribution in [0.25, 0.3) is 0 Å². The molecule has 1 aliphatic rings. The lowest BCUT2D eigenvalue weighted by molar-refractivity contribution is -0.384. The van der Waals surface area contributed by atoms with Gasteiger partial charge in [-0.25, -0.2) is 0 Å². The van der Waals surface area contributed by atoms with Gasteiger partial charge in [0.2, 0.25) is 0 Å². The number of halogens is 1. The number of carbonyl (C=O) groups is 2. The van der Waals surface area contributed by atoms with Crippen LogP contribution in [-0.2, 0) is 0 Å². The van der Waals surface area contributed by atoms with Crippen LogP contribution in [-0.4, -0.2) is 34.8 Å². The van der Waals surface area contributed by atoms with Gasteiger partial charge in [0.25, 0.3) is 17.5 Å². The summed E-state index contributed by atoms with van der Waals surface area (Å²) in [5.74, 6) is -0.396. The largest absolute Gasteiger partial charge is 0.492 e. The Morgan fingerprint density at radius 3 is 2.38 bits per heavy atom. The van der Waals surface area contributed by atoms with E-state index in [2.05, 4.69) is 15.9 Å². The van der Waals surface area contributed by atoms with Gasteiger partial charge in [-0.2, -0.15) is 0 Å². The number of hydrogen-bond acceptors (Lipinski definition) is 5. The third-order valence-electron chi connectivity index (χ3n) is 3.56. The first-order valence-electron chi connectivity index (χ1n) is 7.00. The molecule has 2 aromatic carbocycles. The van der Waals surface area contributed by atoms with Crippen molar-refractivity contribution in [1.82, 2.24) is 4.90 Å². The number of fused-ring (bicyclic) bond motifs is 1. The number of carbonyl (C=O) groups excluding carboxylic acids is 2. The minimum absolute atomic E-state index is 0.0536. The van der Waals surface area contributed by atoms with E-state index in [0.717, 1.165) is 15.4 Å². The highest BCUT2D eigenvalue weighted by atomic mass is 79.9. The number of benzene rings is 2. The van der Waals surface area contributed by atoms with E-state index in [-0.39, 0.29) is 30.0 Å². The summed E-state index contributed by atoms with van der Waals surface area (Å²) in [4.78, 5) is 35.8. The first kappa shape index (κ1) is 16.1. The minimum atomic E-state index is -0.600. The maximum atomic E-state index is 12.3. The Labute approximate surface area is 145 Å². The Bertz CT molecular complexity index is 835. The summed E-state index contributed by atoms with van der Waals surface area (Å²) in [6, 6.07) is 10.8. The Morgan fingerprint density at radius 2 is 1.71 bits per heavy atom. The molecule has 0 radical (unpaired) electrons. The van der Waals surface area contributed by atoms with E-state index in [1.165, 1.54) is 12.1 Å². The van der Waals surface area contributed by atoms with Crippen molar-refractivity contribution >= 4 is 33.4 Å². The van der Waals surface area contributed by atoms with E-state index in [1.54, 1.807) is 12.1 Å². The predicted molar refractivity (Wildman–Crippen MR) is 88.1 cm³/mol. The van der Waals surface area contributed by atoms with Gasteiger partial charge in [0.05, 0.1) is 22.6 Å². The summed E-state index contributed by atoms with van der Waals surface area (Å²) in [6.45, 7) is 0.200. The van der Waals surface area contributed by atoms with Crippen LogP contribution < -0.4 is 4.74 Å². The topological polar surface area (TPSA) is 89.8 Å². The van der Waals surface area contributed by atoms with Crippen molar-refractivity contribution in [3.05, 3.63) is 68.2 Å². The SMILES string of the molecule is O=C1c2ccc([N+](=O)[O-])cc2C(=O)N1CCOc1ccc(Br)cc1. The molecule has 3 rings (SSSR count). The van der Waals surface area contributed by atoms with Crippen LogP contribution in [0.1, 0.15) is 20.7 Å². The summed E-state index contributed by atoms with van der Waals surface area (Å²) in [5.41, 5.74) is 0.00921. The number of nitrogens with zero attached hydrogens (tertiary/aromatic N) is 2. The quantitative estimate of drug-likeness (QED) is 0.444. The standard InChI is InChI=1S/C16H11BrN2O5/c17-10-1-4-12(5-2-10)24-8-7-18-15(20)13-6-3-11(19(22)23)9-14(13)16(18)21/h1-6,9H,7-8H2. The number of ether oxygens (including phenoxy) is 1. The first-order valence-corrected chi connectivity index (χ1v) is 7.79. The second-order valence-electron chi connectivity index (χ2n) is 5.05. The monoisotopic (exact) mass is 390 g/mol. The molecule has 0 fully saturated rings. The van der Waals surface area contributed by atoms with E-state index >= 15 is 0 Å². The van der Waals surface area contributed by atoms with Crippen molar-refractivity contribution in [2.45, 2.75) is 0 Å². The van der Waals surface area contributed by atoms with Crippen LogP contribution in [0.15, 0.2) is 46.9 Å². The molecule has 0 aromatic heterocycles. The fourth-order valence-corrected chi connectivity index (χ4v) is 2.65. The summed E-state index contributed by atoms with van der Waals surface area (Å²) in [6.07, 6.45) is 0. The Hall–Kier alpha value is -2.74. The second kappa shape index (κ2) is 6.40. The molecule has 0 unspecified atom stereocenters. The highest BCUT2D eigenvalue weighted by Gasteiger charge is 2.36. The zero-order valence-electron chi connectivity index (χ0n) is 12.3. The molecule has 0 saturated carbocycles. The summed E-state index contributed by atoms with van der Waals surface area (Å²) < 4.78 is 6.42.